The van der Waals surface area contributed by atoms with Crippen molar-refractivity contribution in [2.75, 3.05) is 24.5 Å². The Morgan fingerprint density at radius 1 is 1.20 bits per heavy atom. The summed E-state index contributed by atoms with van der Waals surface area (Å²) >= 11 is 0. The van der Waals surface area contributed by atoms with Crippen LogP contribution in [0.1, 0.15) is 31.9 Å². The van der Waals surface area contributed by atoms with Gasteiger partial charge in [-0.25, -0.2) is 0 Å². The van der Waals surface area contributed by atoms with Crippen LogP contribution in [0.4, 0.5) is 5.69 Å². The highest BCUT2D eigenvalue weighted by Crippen LogP contribution is 2.24. The summed E-state index contributed by atoms with van der Waals surface area (Å²) in [6.45, 7) is 7.73. The molecule has 0 aliphatic carbocycles. The fourth-order valence-electron chi connectivity index (χ4n) is 2.08. The van der Waals surface area contributed by atoms with Gasteiger partial charge in [0.1, 0.15) is 0 Å². The predicted molar refractivity (Wildman–Crippen MR) is 65.4 cm³/mol. The zero-order valence-electron chi connectivity index (χ0n) is 9.66. The third-order valence-electron chi connectivity index (χ3n) is 3.25. The van der Waals surface area contributed by atoms with Crippen LogP contribution in [-0.2, 0) is 0 Å². The summed E-state index contributed by atoms with van der Waals surface area (Å²) in [5, 5.41) is 3.42. The molecule has 0 bridgehead atoms. The molecule has 2 rings (SSSR count). The molecule has 15 heavy (non-hydrogen) atoms. The van der Waals surface area contributed by atoms with Crippen molar-refractivity contribution < 1.29 is 0 Å². The molecule has 82 valence electrons. The van der Waals surface area contributed by atoms with Crippen LogP contribution in [0.15, 0.2) is 24.3 Å². The van der Waals surface area contributed by atoms with Crippen LogP contribution >= 0.6 is 0 Å². The zero-order chi connectivity index (χ0) is 10.7. The van der Waals surface area contributed by atoms with Gasteiger partial charge < -0.3 is 10.2 Å². The lowest BCUT2D eigenvalue weighted by molar-refractivity contribution is 0.383. The Hall–Kier alpha value is -1.02. The SMILES string of the molecule is CCN(CC)c1ccc([C@H]2CCN2)cc1. The standard InChI is InChI=1S/C13H20N2/c1-3-15(4-2)12-7-5-11(6-8-12)13-9-10-14-13/h5-8,13-14H,3-4,9-10H2,1-2H3/t13-/m1/s1. The Morgan fingerprint density at radius 2 is 1.80 bits per heavy atom. The molecule has 1 aromatic rings. The van der Waals surface area contributed by atoms with E-state index in [1.54, 1.807) is 0 Å². The van der Waals surface area contributed by atoms with Gasteiger partial charge >= 0.3 is 0 Å². The van der Waals surface area contributed by atoms with E-state index in [9.17, 15) is 0 Å². The average Bonchev–Trinajstić information content (AvgIpc) is 2.20. The van der Waals surface area contributed by atoms with Gasteiger partial charge in [0.15, 0.2) is 0 Å². The molecule has 1 aromatic carbocycles. The molecule has 1 saturated heterocycles. The highest BCUT2D eigenvalue weighted by atomic mass is 15.1. The van der Waals surface area contributed by atoms with Gasteiger partial charge in [0.2, 0.25) is 0 Å². The Balaban J connectivity index is 2.08. The van der Waals surface area contributed by atoms with Crippen molar-refractivity contribution in [3.63, 3.8) is 0 Å². The van der Waals surface area contributed by atoms with Gasteiger partial charge in [-0.15, -0.1) is 0 Å². The first-order chi connectivity index (χ1) is 7.35. The van der Waals surface area contributed by atoms with Crippen LogP contribution in [0, 0.1) is 0 Å². The summed E-state index contributed by atoms with van der Waals surface area (Å²) in [5.74, 6) is 0. The van der Waals surface area contributed by atoms with Gasteiger partial charge in [-0.3, -0.25) is 0 Å². The highest BCUT2D eigenvalue weighted by Gasteiger charge is 2.17. The molecule has 1 atom stereocenters. The number of nitrogens with one attached hydrogen (secondary N) is 1. The first-order valence-electron chi connectivity index (χ1n) is 5.93. The van der Waals surface area contributed by atoms with Crippen molar-refractivity contribution in [3.8, 4) is 0 Å². The molecule has 0 unspecified atom stereocenters. The lowest BCUT2D eigenvalue weighted by atomic mass is 9.98. The van der Waals surface area contributed by atoms with E-state index in [4.69, 9.17) is 0 Å². The normalized spacial score (nSPS) is 19.7. The van der Waals surface area contributed by atoms with E-state index in [2.05, 4.69) is 48.3 Å². The third-order valence-corrected chi connectivity index (χ3v) is 3.25. The summed E-state index contributed by atoms with van der Waals surface area (Å²) in [7, 11) is 0. The summed E-state index contributed by atoms with van der Waals surface area (Å²) in [4.78, 5) is 2.37. The minimum absolute atomic E-state index is 0.607. The van der Waals surface area contributed by atoms with Crippen molar-refractivity contribution >= 4 is 5.69 Å². The van der Waals surface area contributed by atoms with Crippen molar-refractivity contribution in [1.82, 2.24) is 5.32 Å². The first kappa shape index (κ1) is 10.5. The number of benzene rings is 1. The Bertz CT molecular complexity index is 297. The molecule has 1 N–H and O–H groups in total. The number of hydrogen-bond donors (Lipinski definition) is 1. The van der Waals surface area contributed by atoms with Crippen molar-refractivity contribution in [2.45, 2.75) is 26.3 Å². The zero-order valence-corrected chi connectivity index (χ0v) is 9.66. The topological polar surface area (TPSA) is 15.3 Å². The quantitative estimate of drug-likeness (QED) is 0.811. The maximum absolute atomic E-state index is 3.42. The lowest BCUT2D eigenvalue weighted by Gasteiger charge is -2.29. The summed E-state index contributed by atoms with van der Waals surface area (Å²) in [5.41, 5.74) is 2.76. The summed E-state index contributed by atoms with van der Waals surface area (Å²) in [6, 6.07) is 9.59. The van der Waals surface area contributed by atoms with E-state index in [1.807, 2.05) is 0 Å². The third kappa shape index (κ3) is 2.15. The van der Waals surface area contributed by atoms with Crippen LogP contribution in [0.3, 0.4) is 0 Å². The molecule has 0 aromatic heterocycles. The van der Waals surface area contributed by atoms with Gasteiger partial charge in [0, 0.05) is 24.8 Å². The Labute approximate surface area is 92.3 Å². The van der Waals surface area contributed by atoms with Gasteiger partial charge in [-0.2, -0.15) is 0 Å². The molecule has 1 heterocycles. The molecule has 0 radical (unpaired) electrons. The lowest BCUT2D eigenvalue weighted by Crippen LogP contribution is -2.34. The van der Waals surface area contributed by atoms with E-state index < -0.39 is 0 Å². The molecule has 0 saturated carbocycles. The fraction of sp³-hybridized carbons (Fsp3) is 0.538. The first-order valence-corrected chi connectivity index (χ1v) is 5.93. The van der Waals surface area contributed by atoms with E-state index in [1.165, 1.54) is 24.2 Å². The van der Waals surface area contributed by atoms with Crippen LogP contribution in [-0.4, -0.2) is 19.6 Å². The van der Waals surface area contributed by atoms with Crippen LogP contribution < -0.4 is 10.2 Å². The molecule has 0 amide bonds. The van der Waals surface area contributed by atoms with Gasteiger partial charge in [0.05, 0.1) is 0 Å². The van der Waals surface area contributed by atoms with E-state index in [0.29, 0.717) is 6.04 Å². The number of nitrogens with zero attached hydrogens (tertiary/aromatic N) is 1. The smallest absolute Gasteiger partial charge is 0.0366 e. The highest BCUT2D eigenvalue weighted by molar-refractivity contribution is 5.48. The molecule has 1 aliphatic rings. The number of rotatable bonds is 4. The second-order valence-corrected chi connectivity index (χ2v) is 4.06. The van der Waals surface area contributed by atoms with Crippen LogP contribution in [0.2, 0.25) is 0 Å². The number of anilines is 1. The Kier molecular flexibility index (Phi) is 3.27. The monoisotopic (exact) mass is 204 g/mol. The maximum atomic E-state index is 3.42. The summed E-state index contributed by atoms with van der Waals surface area (Å²) < 4.78 is 0. The summed E-state index contributed by atoms with van der Waals surface area (Å²) in [6.07, 6.45) is 1.28. The Morgan fingerprint density at radius 3 is 2.20 bits per heavy atom. The van der Waals surface area contributed by atoms with Crippen molar-refractivity contribution in [3.05, 3.63) is 29.8 Å². The second kappa shape index (κ2) is 4.67. The fourth-order valence-corrected chi connectivity index (χ4v) is 2.08. The number of hydrogen-bond acceptors (Lipinski definition) is 2. The van der Waals surface area contributed by atoms with Gasteiger partial charge in [-0.05, 0) is 44.5 Å². The van der Waals surface area contributed by atoms with Crippen LogP contribution in [0.25, 0.3) is 0 Å². The van der Waals surface area contributed by atoms with Crippen LogP contribution in [0.5, 0.6) is 0 Å². The molecular formula is C13H20N2. The predicted octanol–water partition coefficient (Wildman–Crippen LogP) is 2.57. The molecule has 1 fully saturated rings. The average molecular weight is 204 g/mol. The maximum Gasteiger partial charge on any atom is 0.0366 e. The van der Waals surface area contributed by atoms with E-state index in [-0.39, 0.29) is 0 Å². The minimum atomic E-state index is 0.607. The molecule has 1 aliphatic heterocycles. The van der Waals surface area contributed by atoms with Gasteiger partial charge in [0.25, 0.3) is 0 Å². The van der Waals surface area contributed by atoms with Crippen molar-refractivity contribution in [2.24, 2.45) is 0 Å². The molecule has 2 heteroatoms. The molecule has 0 spiro atoms. The van der Waals surface area contributed by atoms with Gasteiger partial charge in [-0.1, -0.05) is 12.1 Å². The largest absolute Gasteiger partial charge is 0.372 e. The van der Waals surface area contributed by atoms with E-state index >= 15 is 0 Å². The van der Waals surface area contributed by atoms with E-state index in [0.717, 1.165) is 13.1 Å². The minimum Gasteiger partial charge on any atom is -0.372 e. The molecule has 2 nitrogen and oxygen atoms in total. The second-order valence-electron chi connectivity index (χ2n) is 4.06. The molecular weight excluding hydrogens is 184 g/mol. The van der Waals surface area contributed by atoms with Crippen molar-refractivity contribution in [1.29, 1.82) is 0 Å².